The van der Waals surface area contributed by atoms with Gasteiger partial charge in [-0.2, -0.15) is 0 Å². The molecule has 0 aliphatic rings. The van der Waals surface area contributed by atoms with Gasteiger partial charge in [-0.3, -0.25) is 0 Å². The first kappa shape index (κ1) is 19.4. The summed E-state index contributed by atoms with van der Waals surface area (Å²) in [6.07, 6.45) is 4.30. The van der Waals surface area contributed by atoms with E-state index < -0.39 is 16.4 Å². The second-order valence-electron chi connectivity index (χ2n) is 7.51. The second kappa shape index (κ2) is 7.39. The summed E-state index contributed by atoms with van der Waals surface area (Å²) in [5.41, 5.74) is 0.655. The average molecular weight is 305 g/mol. The van der Waals surface area contributed by atoms with Crippen LogP contribution in [0.1, 0.15) is 46.5 Å². The van der Waals surface area contributed by atoms with E-state index in [2.05, 4.69) is 53.5 Å². The quantitative estimate of drug-likeness (QED) is 0.620. The fourth-order valence-electron chi connectivity index (χ4n) is 2.80. The summed E-state index contributed by atoms with van der Waals surface area (Å²) in [4.78, 5) is 0. The SMILES string of the molecule is CCC(CCCO)[Si](C)(C)OC(C)(CC)[Si](C)(C)C. The summed E-state index contributed by atoms with van der Waals surface area (Å²) in [6, 6.07) is 0. The van der Waals surface area contributed by atoms with Crippen LogP contribution in [0.3, 0.4) is 0 Å². The predicted octanol–water partition coefficient (Wildman–Crippen LogP) is 4.81. The number of hydrogen-bond acceptors (Lipinski definition) is 2. The van der Waals surface area contributed by atoms with Crippen molar-refractivity contribution in [3.05, 3.63) is 0 Å². The fourth-order valence-corrected chi connectivity index (χ4v) is 9.23. The van der Waals surface area contributed by atoms with E-state index >= 15 is 0 Å². The topological polar surface area (TPSA) is 29.5 Å². The molecule has 0 spiro atoms. The van der Waals surface area contributed by atoms with Gasteiger partial charge in [0, 0.05) is 11.8 Å². The maximum absolute atomic E-state index is 9.07. The van der Waals surface area contributed by atoms with Crippen molar-refractivity contribution in [3.63, 3.8) is 0 Å². The molecule has 0 fully saturated rings. The molecule has 0 saturated carbocycles. The molecule has 2 atom stereocenters. The standard InChI is InChI=1S/C15H36O2Si2/c1-9-14(12-11-13-16)19(7,8)17-15(3,10-2)18(4,5)6/h14,16H,9-13H2,1-8H3. The molecule has 0 aliphatic heterocycles. The Morgan fingerprint density at radius 3 is 1.95 bits per heavy atom. The number of aliphatic hydroxyl groups excluding tert-OH is 1. The van der Waals surface area contributed by atoms with E-state index in [0.29, 0.717) is 12.1 Å². The zero-order chi connectivity index (χ0) is 15.3. The molecule has 4 heteroatoms. The minimum absolute atomic E-state index is 0.0787. The van der Waals surface area contributed by atoms with E-state index in [1.165, 1.54) is 6.42 Å². The maximum Gasteiger partial charge on any atom is 0.190 e. The van der Waals surface area contributed by atoms with Crippen molar-refractivity contribution in [2.45, 2.75) is 90.0 Å². The minimum atomic E-state index is -1.71. The Kier molecular flexibility index (Phi) is 7.52. The van der Waals surface area contributed by atoms with E-state index in [9.17, 15) is 0 Å². The highest BCUT2D eigenvalue weighted by Gasteiger charge is 2.45. The first-order valence-corrected chi connectivity index (χ1v) is 14.3. The number of hydrogen-bond donors (Lipinski definition) is 1. The Balaban J connectivity index is 4.98. The highest BCUT2D eigenvalue weighted by molar-refractivity contribution is 6.81. The minimum Gasteiger partial charge on any atom is -0.415 e. The molecule has 0 heterocycles. The largest absolute Gasteiger partial charge is 0.415 e. The molecule has 2 nitrogen and oxygen atoms in total. The lowest BCUT2D eigenvalue weighted by Gasteiger charge is -2.47. The van der Waals surface area contributed by atoms with Crippen LogP contribution >= 0.6 is 0 Å². The smallest absolute Gasteiger partial charge is 0.190 e. The van der Waals surface area contributed by atoms with Crippen LogP contribution in [0.25, 0.3) is 0 Å². The average Bonchev–Trinajstić information content (AvgIpc) is 2.27. The van der Waals surface area contributed by atoms with Gasteiger partial charge in [0.2, 0.25) is 0 Å². The van der Waals surface area contributed by atoms with Crippen LogP contribution in [0, 0.1) is 0 Å². The third-order valence-corrected chi connectivity index (χ3v) is 12.4. The summed E-state index contributed by atoms with van der Waals surface area (Å²) in [5.74, 6) is 0. The molecule has 116 valence electrons. The van der Waals surface area contributed by atoms with Gasteiger partial charge in [0.25, 0.3) is 0 Å². The lowest BCUT2D eigenvalue weighted by molar-refractivity contribution is 0.143. The monoisotopic (exact) mass is 304 g/mol. The molecule has 0 aromatic rings. The van der Waals surface area contributed by atoms with E-state index in [1.807, 2.05) is 0 Å². The number of rotatable bonds is 9. The van der Waals surface area contributed by atoms with Crippen LogP contribution in [0.5, 0.6) is 0 Å². The molecule has 0 radical (unpaired) electrons. The van der Waals surface area contributed by atoms with Gasteiger partial charge in [0.05, 0.1) is 8.07 Å². The van der Waals surface area contributed by atoms with Gasteiger partial charge < -0.3 is 9.53 Å². The van der Waals surface area contributed by atoms with Gasteiger partial charge in [-0.05, 0) is 44.8 Å². The molecule has 1 N–H and O–H groups in total. The lowest BCUT2D eigenvalue weighted by atomic mass is 10.2. The zero-order valence-electron chi connectivity index (χ0n) is 14.5. The molecule has 0 aliphatic carbocycles. The normalized spacial score (nSPS) is 18.2. The zero-order valence-corrected chi connectivity index (χ0v) is 16.5. The molecule has 0 amide bonds. The molecule has 0 bridgehead atoms. The summed E-state index contributed by atoms with van der Waals surface area (Å²) >= 11 is 0. The summed E-state index contributed by atoms with van der Waals surface area (Å²) < 4.78 is 6.81. The maximum atomic E-state index is 9.07. The predicted molar refractivity (Wildman–Crippen MR) is 91.0 cm³/mol. The van der Waals surface area contributed by atoms with Crippen LogP contribution < -0.4 is 0 Å². The third-order valence-electron chi connectivity index (χ3n) is 4.94. The van der Waals surface area contributed by atoms with Crippen molar-refractivity contribution in [1.82, 2.24) is 0 Å². The highest BCUT2D eigenvalue weighted by atomic mass is 28.4. The van der Waals surface area contributed by atoms with Gasteiger partial charge in [-0.25, -0.2) is 0 Å². The van der Waals surface area contributed by atoms with Crippen LogP contribution in [0.15, 0.2) is 0 Å². The third kappa shape index (κ3) is 5.33. The van der Waals surface area contributed by atoms with Crippen molar-refractivity contribution < 1.29 is 9.53 Å². The summed E-state index contributed by atoms with van der Waals surface area (Å²) in [5, 5.41) is 9.14. The molecule has 0 aromatic carbocycles. The summed E-state index contributed by atoms with van der Waals surface area (Å²) in [7, 11) is -3.06. The number of aliphatic hydroxyl groups is 1. The van der Waals surface area contributed by atoms with Crippen molar-refractivity contribution in [1.29, 1.82) is 0 Å². The van der Waals surface area contributed by atoms with Crippen molar-refractivity contribution in [2.75, 3.05) is 6.61 Å². The Bertz CT molecular complexity index is 261. The molecule has 0 rings (SSSR count). The van der Waals surface area contributed by atoms with Crippen molar-refractivity contribution in [3.8, 4) is 0 Å². The van der Waals surface area contributed by atoms with Crippen LogP contribution in [-0.2, 0) is 4.43 Å². The van der Waals surface area contributed by atoms with E-state index in [-0.39, 0.29) is 5.22 Å². The first-order valence-electron chi connectivity index (χ1n) is 7.85. The van der Waals surface area contributed by atoms with E-state index in [1.54, 1.807) is 0 Å². The second-order valence-corrected chi connectivity index (χ2v) is 17.3. The fraction of sp³-hybridized carbons (Fsp3) is 1.00. The van der Waals surface area contributed by atoms with Crippen molar-refractivity contribution in [2.24, 2.45) is 0 Å². The van der Waals surface area contributed by atoms with Gasteiger partial charge in [0.1, 0.15) is 0 Å². The Labute approximate surface area is 123 Å². The van der Waals surface area contributed by atoms with Gasteiger partial charge in [0.15, 0.2) is 8.32 Å². The van der Waals surface area contributed by atoms with Crippen LogP contribution in [0.4, 0.5) is 0 Å². The first-order chi connectivity index (χ1) is 8.54. The molecule has 2 unspecified atom stereocenters. The Morgan fingerprint density at radius 2 is 1.63 bits per heavy atom. The Morgan fingerprint density at radius 1 is 1.11 bits per heavy atom. The molecular formula is C15H36O2Si2. The van der Waals surface area contributed by atoms with Crippen LogP contribution in [-0.4, -0.2) is 33.3 Å². The summed E-state index contributed by atoms with van der Waals surface area (Å²) in [6.45, 7) is 19.1. The van der Waals surface area contributed by atoms with E-state index in [4.69, 9.17) is 9.53 Å². The van der Waals surface area contributed by atoms with E-state index in [0.717, 1.165) is 19.3 Å². The molecule has 19 heavy (non-hydrogen) atoms. The molecule has 0 saturated heterocycles. The van der Waals surface area contributed by atoms with Crippen molar-refractivity contribution >= 4 is 16.4 Å². The Hall–Kier alpha value is 0.354. The van der Waals surface area contributed by atoms with Crippen LogP contribution in [0.2, 0.25) is 38.3 Å². The lowest BCUT2D eigenvalue weighted by Crippen LogP contribution is -2.57. The molecular weight excluding hydrogens is 268 g/mol. The van der Waals surface area contributed by atoms with Gasteiger partial charge in [-0.1, -0.05) is 39.9 Å². The van der Waals surface area contributed by atoms with Gasteiger partial charge in [-0.15, -0.1) is 0 Å². The molecule has 0 aromatic heterocycles. The highest BCUT2D eigenvalue weighted by Crippen LogP contribution is 2.38. The van der Waals surface area contributed by atoms with Gasteiger partial charge >= 0.3 is 0 Å².